The molecule has 0 aliphatic carbocycles. The molecule has 0 radical (unpaired) electrons. The molecular formula is C10H17N3O3S. The maximum absolute atomic E-state index is 11.7. The molecule has 0 aromatic carbocycles. The van der Waals surface area contributed by atoms with Crippen LogP contribution >= 0.6 is 0 Å². The van der Waals surface area contributed by atoms with E-state index in [0.29, 0.717) is 32.7 Å². The highest BCUT2D eigenvalue weighted by molar-refractivity contribution is 7.88. The van der Waals surface area contributed by atoms with Gasteiger partial charge in [-0.2, -0.15) is 4.31 Å². The van der Waals surface area contributed by atoms with E-state index in [1.54, 1.807) is 4.90 Å². The van der Waals surface area contributed by atoms with Gasteiger partial charge in [0.15, 0.2) is 0 Å². The minimum absolute atomic E-state index is 0.0478. The molecule has 1 amide bonds. The average molecular weight is 259 g/mol. The third kappa shape index (κ3) is 4.34. The average Bonchev–Trinajstić information content (AvgIpc) is 2.28. The van der Waals surface area contributed by atoms with Crippen molar-refractivity contribution in [2.75, 3.05) is 45.5 Å². The Morgan fingerprint density at radius 1 is 1.35 bits per heavy atom. The number of amides is 1. The summed E-state index contributed by atoms with van der Waals surface area (Å²) >= 11 is 0. The predicted octanol–water partition coefficient (Wildman–Crippen LogP) is -1.69. The molecule has 0 saturated carbocycles. The highest BCUT2D eigenvalue weighted by Gasteiger charge is 2.25. The molecule has 7 heteroatoms. The second-order valence-corrected chi connectivity index (χ2v) is 5.83. The van der Waals surface area contributed by atoms with Crippen molar-refractivity contribution in [2.45, 2.75) is 0 Å². The van der Waals surface area contributed by atoms with Crippen molar-refractivity contribution in [2.24, 2.45) is 0 Å². The van der Waals surface area contributed by atoms with Crippen LogP contribution in [0.4, 0.5) is 0 Å². The van der Waals surface area contributed by atoms with E-state index in [1.807, 2.05) is 0 Å². The summed E-state index contributed by atoms with van der Waals surface area (Å²) < 4.78 is 23.9. The minimum Gasteiger partial charge on any atom is -0.339 e. The van der Waals surface area contributed by atoms with Gasteiger partial charge < -0.3 is 4.90 Å². The van der Waals surface area contributed by atoms with Crippen molar-refractivity contribution in [3.63, 3.8) is 0 Å². The van der Waals surface area contributed by atoms with Crippen LogP contribution in [0.25, 0.3) is 0 Å². The summed E-state index contributed by atoms with van der Waals surface area (Å²) in [6.07, 6.45) is 6.23. The lowest BCUT2D eigenvalue weighted by molar-refractivity contribution is -0.131. The van der Waals surface area contributed by atoms with Crippen LogP contribution in [-0.4, -0.2) is 69.1 Å². The number of terminal acetylenes is 1. The Hall–Kier alpha value is -1.10. The number of rotatable bonds is 4. The van der Waals surface area contributed by atoms with Crippen molar-refractivity contribution >= 4 is 15.9 Å². The Kier molecular flexibility index (Phi) is 4.93. The first kappa shape index (κ1) is 14.0. The molecule has 0 spiro atoms. The van der Waals surface area contributed by atoms with E-state index in [1.165, 1.54) is 10.6 Å². The van der Waals surface area contributed by atoms with Crippen LogP contribution in [0, 0.1) is 12.3 Å². The molecule has 1 saturated heterocycles. The molecule has 1 fully saturated rings. The zero-order valence-electron chi connectivity index (χ0n) is 9.85. The number of hydrogen-bond acceptors (Lipinski definition) is 4. The Morgan fingerprint density at radius 2 is 1.94 bits per heavy atom. The quantitative estimate of drug-likeness (QED) is 0.483. The van der Waals surface area contributed by atoms with E-state index in [4.69, 9.17) is 6.42 Å². The van der Waals surface area contributed by atoms with Crippen molar-refractivity contribution in [3.05, 3.63) is 0 Å². The SMILES string of the molecule is C#CCNCC(=O)N1CCN(S(C)(=O)=O)CC1. The molecular weight excluding hydrogens is 242 g/mol. The highest BCUT2D eigenvalue weighted by Crippen LogP contribution is 2.05. The molecule has 1 N–H and O–H groups in total. The first-order valence-corrected chi connectivity index (χ1v) is 7.17. The smallest absolute Gasteiger partial charge is 0.236 e. The minimum atomic E-state index is -3.14. The molecule has 0 unspecified atom stereocenters. The zero-order chi connectivity index (χ0) is 12.9. The maximum Gasteiger partial charge on any atom is 0.236 e. The lowest BCUT2D eigenvalue weighted by Gasteiger charge is -2.33. The van der Waals surface area contributed by atoms with Gasteiger partial charge in [0.2, 0.25) is 15.9 Å². The van der Waals surface area contributed by atoms with Gasteiger partial charge >= 0.3 is 0 Å². The molecule has 1 rings (SSSR count). The lowest BCUT2D eigenvalue weighted by Crippen LogP contribution is -2.52. The number of piperazine rings is 1. The Balaban J connectivity index is 2.37. The van der Waals surface area contributed by atoms with Gasteiger partial charge in [0.1, 0.15) is 0 Å². The van der Waals surface area contributed by atoms with E-state index in [-0.39, 0.29) is 12.5 Å². The largest absolute Gasteiger partial charge is 0.339 e. The lowest BCUT2D eigenvalue weighted by atomic mass is 10.3. The fourth-order valence-electron chi connectivity index (χ4n) is 1.62. The van der Waals surface area contributed by atoms with E-state index in [9.17, 15) is 13.2 Å². The highest BCUT2D eigenvalue weighted by atomic mass is 32.2. The number of nitrogens with zero attached hydrogens (tertiary/aromatic N) is 2. The number of sulfonamides is 1. The van der Waals surface area contributed by atoms with Gasteiger partial charge in [0.25, 0.3) is 0 Å². The van der Waals surface area contributed by atoms with Crippen molar-refractivity contribution in [1.82, 2.24) is 14.5 Å². The monoisotopic (exact) mass is 259 g/mol. The van der Waals surface area contributed by atoms with Gasteiger partial charge in [-0.1, -0.05) is 5.92 Å². The normalized spacial score (nSPS) is 17.8. The van der Waals surface area contributed by atoms with Crippen LogP contribution in [-0.2, 0) is 14.8 Å². The van der Waals surface area contributed by atoms with Crippen LogP contribution in [0.15, 0.2) is 0 Å². The topological polar surface area (TPSA) is 69.7 Å². The summed E-state index contributed by atoms with van der Waals surface area (Å²) in [5.41, 5.74) is 0. The maximum atomic E-state index is 11.7. The van der Waals surface area contributed by atoms with Crippen LogP contribution in [0.3, 0.4) is 0 Å². The van der Waals surface area contributed by atoms with Crippen LogP contribution in [0.1, 0.15) is 0 Å². The van der Waals surface area contributed by atoms with Crippen molar-refractivity contribution in [1.29, 1.82) is 0 Å². The second kappa shape index (κ2) is 6.00. The second-order valence-electron chi connectivity index (χ2n) is 3.85. The summed E-state index contributed by atoms with van der Waals surface area (Å²) in [6, 6.07) is 0. The van der Waals surface area contributed by atoms with Gasteiger partial charge in [-0.3, -0.25) is 10.1 Å². The van der Waals surface area contributed by atoms with E-state index in [0.717, 1.165) is 0 Å². The zero-order valence-corrected chi connectivity index (χ0v) is 10.7. The summed E-state index contributed by atoms with van der Waals surface area (Å²) in [4.78, 5) is 13.3. The third-order valence-electron chi connectivity index (χ3n) is 2.56. The van der Waals surface area contributed by atoms with E-state index >= 15 is 0 Å². The number of carbonyl (C=O) groups excluding carboxylic acids is 1. The third-order valence-corrected chi connectivity index (χ3v) is 3.87. The van der Waals surface area contributed by atoms with Gasteiger partial charge in [-0.15, -0.1) is 6.42 Å². The van der Waals surface area contributed by atoms with Crippen LogP contribution in [0.5, 0.6) is 0 Å². The molecule has 0 atom stereocenters. The van der Waals surface area contributed by atoms with Crippen molar-refractivity contribution in [3.8, 4) is 12.3 Å². The first-order valence-electron chi connectivity index (χ1n) is 5.32. The fraction of sp³-hybridized carbons (Fsp3) is 0.700. The molecule has 1 aliphatic heterocycles. The molecule has 0 aromatic heterocycles. The van der Waals surface area contributed by atoms with Gasteiger partial charge in [-0.05, 0) is 0 Å². The summed E-state index contributed by atoms with van der Waals surface area (Å²) in [5.74, 6) is 2.34. The summed E-state index contributed by atoms with van der Waals surface area (Å²) in [6.45, 7) is 2.14. The standard InChI is InChI=1S/C10H17N3O3S/c1-3-4-11-9-10(14)12-5-7-13(8-6-12)17(2,15)16/h1,11H,4-9H2,2H3. The Morgan fingerprint density at radius 3 is 2.41 bits per heavy atom. The van der Waals surface area contributed by atoms with Crippen LogP contribution < -0.4 is 5.32 Å². The first-order chi connectivity index (χ1) is 7.95. The molecule has 0 aromatic rings. The predicted molar refractivity (Wildman–Crippen MR) is 64.7 cm³/mol. The molecule has 1 heterocycles. The van der Waals surface area contributed by atoms with Crippen molar-refractivity contribution < 1.29 is 13.2 Å². The Bertz CT molecular complexity index is 405. The number of carbonyl (C=O) groups is 1. The van der Waals surface area contributed by atoms with Gasteiger partial charge in [0.05, 0.1) is 19.3 Å². The van der Waals surface area contributed by atoms with E-state index in [2.05, 4.69) is 11.2 Å². The molecule has 96 valence electrons. The number of hydrogen-bond donors (Lipinski definition) is 1. The van der Waals surface area contributed by atoms with Gasteiger partial charge in [-0.25, -0.2) is 8.42 Å². The van der Waals surface area contributed by atoms with Crippen LogP contribution in [0.2, 0.25) is 0 Å². The molecule has 6 nitrogen and oxygen atoms in total. The Labute approximate surface area is 102 Å². The molecule has 1 aliphatic rings. The fourth-order valence-corrected chi connectivity index (χ4v) is 2.45. The van der Waals surface area contributed by atoms with E-state index < -0.39 is 10.0 Å². The number of nitrogens with one attached hydrogen (secondary N) is 1. The molecule has 0 bridgehead atoms. The van der Waals surface area contributed by atoms with Gasteiger partial charge in [0, 0.05) is 26.2 Å². The summed E-state index contributed by atoms with van der Waals surface area (Å²) in [5, 5.41) is 2.81. The summed E-state index contributed by atoms with van der Waals surface area (Å²) in [7, 11) is -3.14. The molecule has 17 heavy (non-hydrogen) atoms.